The van der Waals surface area contributed by atoms with Gasteiger partial charge in [-0.1, -0.05) is 54.6 Å². The van der Waals surface area contributed by atoms with E-state index in [1.54, 1.807) is 0 Å². The second kappa shape index (κ2) is 7.19. The molecule has 2 fully saturated rings. The summed E-state index contributed by atoms with van der Waals surface area (Å²) < 4.78 is 1.89. The van der Waals surface area contributed by atoms with E-state index in [-0.39, 0.29) is 6.10 Å². The molecule has 2 aromatic carbocycles. The van der Waals surface area contributed by atoms with E-state index in [2.05, 4.69) is 53.5 Å². The lowest BCUT2D eigenvalue weighted by atomic mass is 9.70. The number of hydrogen-bond donors (Lipinski definition) is 2. The molecule has 0 aliphatic heterocycles. The Labute approximate surface area is 197 Å². The molecular weight excluding hydrogens is 422 g/mol. The largest absolute Gasteiger partial charge is 0.393 e. The molecule has 0 spiro atoms. The number of pyridine rings is 1. The van der Waals surface area contributed by atoms with Gasteiger partial charge in [0.1, 0.15) is 0 Å². The summed E-state index contributed by atoms with van der Waals surface area (Å²) in [5.41, 5.74) is 13.9. The Kier molecular flexibility index (Phi) is 4.19. The van der Waals surface area contributed by atoms with Crippen molar-refractivity contribution in [1.29, 1.82) is 0 Å². The molecule has 168 valence electrons. The third kappa shape index (κ3) is 3.14. The normalized spacial score (nSPS) is 22.2. The van der Waals surface area contributed by atoms with Gasteiger partial charge in [0.2, 0.25) is 0 Å². The molecule has 0 bridgehead atoms. The summed E-state index contributed by atoms with van der Waals surface area (Å²) >= 11 is 0. The zero-order valence-corrected chi connectivity index (χ0v) is 18.7. The first-order chi connectivity index (χ1) is 16.6. The molecule has 0 amide bonds. The van der Waals surface area contributed by atoms with Crippen LogP contribution in [-0.2, 0) is 5.54 Å². The highest BCUT2D eigenvalue weighted by molar-refractivity contribution is 5.90. The fourth-order valence-electron chi connectivity index (χ4n) is 5.17. The maximum atomic E-state index is 9.76. The molecule has 2 saturated carbocycles. The van der Waals surface area contributed by atoms with Crippen molar-refractivity contribution in [2.24, 2.45) is 5.73 Å². The van der Waals surface area contributed by atoms with Crippen molar-refractivity contribution >= 4 is 16.7 Å². The fourth-order valence-corrected chi connectivity index (χ4v) is 5.17. The summed E-state index contributed by atoms with van der Waals surface area (Å²) in [6.45, 7) is 0. The average Bonchev–Trinajstić information content (AvgIpc) is 3.61. The zero-order valence-electron chi connectivity index (χ0n) is 18.7. The lowest BCUT2D eigenvalue weighted by molar-refractivity contribution is 0.0209. The number of nitrogens with two attached hydrogens (primary N) is 1. The fraction of sp³-hybridized carbons (Fsp3) is 0.250. The third-order valence-corrected chi connectivity index (χ3v) is 7.29. The van der Waals surface area contributed by atoms with Gasteiger partial charge >= 0.3 is 0 Å². The van der Waals surface area contributed by atoms with Crippen molar-refractivity contribution in [3.05, 3.63) is 84.2 Å². The summed E-state index contributed by atoms with van der Waals surface area (Å²) in [4.78, 5) is 9.83. The molecule has 3 N–H and O–H groups in total. The third-order valence-electron chi connectivity index (χ3n) is 7.29. The van der Waals surface area contributed by atoms with Gasteiger partial charge in [-0.15, -0.1) is 0 Å². The molecule has 0 radical (unpaired) electrons. The van der Waals surface area contributed by atoms with Crippen LogP contribution in [0.1, 0.15) is 42.9 Å². The van der Waals surface area contributed by atoms with Crippen molar-refractivity contribution in [3.8, 4) is 22.4 Å². The van der Waals surface area contributed by atoms with Crippen LogP contribution in [0.5, 0.6) is 0 Å². The number of hydrogen-bond acceptors (Lipinski definition) is 5. The summed E-state index contributed by atoms with van der Waals surface area (Å²) in [6, 6.07) is 22.9. The topological polar surface area (TPSA) is 89.3 Å². The predicted molar refractivity (Wildman–Crippen MR) is 132 cm³/mol. The van der Waals surface area contributed by atoms with E-state index < -0.39 is 5.54 Å². The van der Waals surface area contributed by atoms with E-state index in [4.69, 9.17) is 15.8 Å². The van der Waals surface area contributed by atoms with Crippen LogP contribution in [0.3, 0.4) is 0 Å². The highest BCUT2D eigenvalue weighted by atomic mass is 16.3. The lowest BCUT2D eigenvalue weighted by Crippen LogP contribution is -2.51. The number of aliphatic hydroxyl groups is 1. The summed E-state index contributed by atoms with van der Waals surface area (Å²) in [7, 11) is 0. The van der Waals surface area contributed by atoms with Gasteiger partial charge in [-0.05, 0) is 42.9 Å². The summed E-state index contributed by atoms with van der Waals surface area (Å²) in [6.07, 6.45) is 5.19. The molecule has 3 aromatic heterocycles. The smallest absolute Gasteiger partial charge is 0.165 e. The summed E-state index contributed by atoms with van der Waals surface area (Å²) in [5.74, 6) is 0.556. The molecule has 7 rings (SSSR count). The first-order valence-electron chi connectivity index (χ1n) is 11.9. The van der Waals surface area contributed by atoms with Gasteiger partial charge in [-0.25, -0.2) is 9.97 Å². The van der Waals surface area contributed by atoms with Crippen LogP contribution in [0.15, 0.2) is 72.9 Å². The number of aliphatic hydroxyl groups excluding tert-OH is 1. The number of fused-ring (bicyclic) bond motifs is 3. The Bertz CT molecular complexity index is 1530. The minimum absolute atomic E-state index is 0.304. The Morgan fingerprint density at radius 3 is 2.41 bits per heavy atom. The highest BCUT2D eigenvalue weighted by Crippen LogP contribution is 2.41. The number of aromatic nitrogens is 4. The molecular formula is C28H25N5O. The van der Waals surface area contributed by atoms with Gasteiger partial charge in [-0.3, -0.25) is 0 Å². The SMILES string of the molecule is NC1(c2ccc(-c3nc4c(cnc5cc(C6CC6)nn54)cc3-c3ccccc3)cc2)CC(O)C1. The molecule has 34 heavy (non-hydrogen) atoms. The Balaban J connectivity index is 1.41. The quantitative estimate of drug-likeness (QED) is 0.413. The minimum atomic E-state index is -0.441. The Hall–Kier alpha value is -3.61. The van der Waals surface area contributed by atoms with Crippen LogP contribution >= 0.6 is 0 Å². The van der Waals surface area contributed by atoms with E-state index in [9.17, 15) is 5.11 Å². The first-order valence-corrected chi connectivity index (χ1v) is 11.9. The number of rotatable bonds is 4. The Morgan fingerprint density at radius 1 is 0.941 bits per heavy atom. The van der Waals surface area contributed by atoms with Crippen LogP contribution in [0.2, 0.25) is 0 Å². The first kappa shape index (κ1) is 19.8. The van der Waals surface area contributed by atoms with Crippen molar-refractivity contribution in [1.82, 2.24) is 19.6 Å². The van der Waals surface area contributed by atoms with Crippen molar-refractivity contribution in [2.45, 2.75) is 43.2 Å². The lowest BCUT2D eigenvalue weighted by Gasteiger charge is -2.42. The second-order valence-corrected chi connectivity index (χ2v) is 9.83. The zero-order chi connectivity index (χ0) is 22.9. The minimum Gasteiger partial charge on any atom is -0.393 e. The highest BCUT2D eigenvalue weighted by Gasteiger charge is 2.41. The maximum Gasteiger partial charge on any atom is 0.165 e. The van der Waals surface area contributed by atoms with Crippen molar-refractivity contribution < 1.29 is 5.11 Å². The van der Waals surface area contributed by atoms with E-state index in [1.165, 1.54) is 12.8 Å². The maximum absolute atomic E-state index is 9.76. The van der Waals surface area contributed by atoms with Crippen LogP contribution in [0, 0.1) is 0 Å². The molecule has 3 heterocycles. The molecule has 6 heteroatoms. The van der Waals surface area contributed by atoms with Gasteiger partial charge in [0.25, 0.3) is 0 Å². The number of nitrogens with zero attached hydrogens (tertiary/aromatic N) is 4. The van der Waals surface area contributed by atoms with Gasteiger partial charge < -0.3 is 10.8 Å². The molecule has 0 saturated heterocycles. The predicted octanol–water partition coefficient (Wildman–Crippen LogP) is 4.80. The van der Waals surface area contributed by atoms with Crippen LogP contribution in [-0.4, -0.2) is 30.8 Å². The number of benzene rings is 2. The molecule has 0 atom stereocenters. The van der Waals surface area contributed by atoms with Crippen LogP contribution in [0.25, 0.3) is 39.1 Å². The van der Waals surface area contributed by atoms with E-state index >= 15 is 0 Å². The van der Waals surface area contributed by atoms with Crippen molar-refractivity contribution in [3.63, 3.8) is 0 Å². The standard InChI is InChI=1S/C28H25N5O/c29-28(14-22(34)15-28)21-10-8-19(9-11-21)26-23(17-4-2-1-3-5-17)12-20-16-30-25-13-24(18-6-7-18)32-33(25)27(20)31-26/h1-5,8-13,16,18,22,34H,6-7,14-15,29H2. The molecule has 2 aliphatic carbocycles. The monoisotopic (exact) mass is 447 g/mol. The molecule has 5 aromatic rings. The van der Waals surface area contributed by atoms with Crippen molar-refractivity contribution in [2.75, 3.05) is 0 Å². The van der Waals surface area contributed by atoms with Crippen LogP contribution in [0.4, 0.5) is 0 Å². The van der Waals surface area contributed by atoms with Gasteiger partial charge in [0.05, 0.1) is 17.5 Å². The molecule has 2 aliphatic rings. The van der Waals surface area contributed by atoms with E-state index in [0.29, 0.717) is 18.8 Å². The Morgan fingerprint density at radius 2 is 1.71 bits per heavy atom. The molecule has 0 unspecified atom stereocenters. The van der Waals surface area contributed by atoms with Gasteiger partial charge in [0, 0.05) is 40.2 Å². The molecule has 6 nitrogen and oxygen atoms in total. The second-order valence-electron chi connectivity index (χ2n) is 9.83. The van der Waals surface area contributed by atoms with E-state index in [0.717, 1.165) is 50.3 Å². The van der Waals surface area contributed by atoms with Gasteiger partial charge in [0.15, 0.2) is 11.3 Å². The van der Waals surface area contributed by atoms with Gasteiger partial charge in [-0.2, -0.15) is 9.61 Å². The summed E-state index contributed by atoms with van der Waals surface area (Å²) in [5, 5.41) is 15.6. The van der Waals surface area contributed by atoms with E-state index in [1.807, 2.05) is 28.9 Å². The van der Waals surface area contributed by atoms with Crippen LogP contribution < -0.4 is 5.73 Å². The average molecular weight is 448 g/mol.